The van der Waals surface area contributed by atoms with Gasteiger partial charge in [0.05, 0.1) is 18.0 Å². The summed E-state index contributed by atoms with van der Waals surface area (Å²) in [5, 5.41) is 8.05. The van der Waals surface area contributed by atoms with E-state index in [0.29, 0.717) is 25.4 Å². The van der Waals surface area contributed by atoms with Crippen LogP contribution in [0.4, 0.5) is 19.0 Å². The molecule has 1 saturated heterocycles. The molecule has 37 heavy (non-hydrogen) atoms. The lowest BCUT2D eigenvalue weighted by atomic mass is 10.2. The number of anilines is 1. The fourth-order valence-electron chi connectivity index (χ4n) is 5.03. The number of fused-ring (bicyclic) bond motifs is 2. The van der Waals surface area contributed by atoms with Gasteiger partial charge in [-0.05, 0) is 31.7 Å². The largest absolute Gasteiger partial charge is 0.461 e. The van der Waals surface area contributed by atoms with Crippen LogP contribution in [0.2, 0.25) is 0 Å². The summed E-state index contributed by atoms with van der Waals surface area (Å²) < 4.78 is 47.1. The topological polar surface area (TPSA) is 89.3 Å². The molecule has 5 rings (SSSR count). The van der Waals surface area contributed by atoms with Crippen LogP contribution in [-0.2, 0) is 30.5 Å². The number of hydrogen-bond donors (Lipinski definition) is 0. The van der Waals surface area contributed by atoms with Gasteiger partial charge >= 0.3 is 12.2 Å². The SMILES string of the molecule is CCCC(=O)N1CCCC1COc1nc(N2CCn3c(nnc3C(F)(F)F)C2)c2cc(CCC)sc2n1. The highest BCUT2D eigenvalue weighted by atomic mass is 32.1. The van der Waals surface area contributed by atoms with Gasteiger partial charge in [-0.2, -0.15) is 23.1 Å². The smallest absolute Gasteiger partial charge is 0.451 e. The maximum atomic E-state index is 13.3. The molecule has 0 radical (unpaired) electrons. The van der Waals surface area contributed by atoms with Crippen LogP contribution >= 0.6 is 11.3 Å². The molecule has 0 aromatic carbocycles. The number of nitrogens with zero attached hydrogens (tertiary/aromatic N) is 7. The van der Waals surface area contributed by atoms with Gasteiger partial charge in [0.25, 0.3) is 0 Å². The number of amides is 1. The first-order valence-electron chi connectivity index (χ1n) is 12.8. The molecule has 3 aromatic rings. The van der Waals surface area contributed by atoms with Crippen molar-refractivity contribution >= 4 is 33.3 Å². The second kappa shape index (κ2) is 10.4. The van der Waals surface area contributed by atoms with E-state index in [1.54, 1.807) is 11.3 Å². The van der Waals surface area contributed by atoms with Crippen molar-refractivity contribution in [1.29, 1.82) is 0 Å². The number of likely N-dealkylation sites (tertiary alicyclic amines) is 1. The van der Waals surface area contributed by atoms with Gasteiger partial charge in [0.2, 0.25) is 11.7 Å². The molecule has 1 unspecified atom stereocenters. The van der Waals surface area contributed by atoms with Crippen LogP contribution in [0.15, 0.2) is 6.07 Å². The van der Waals surface area contributed by atoms with Crippen molar-refractivity contribution in [3.63, 3.8) is 0 Å². The van der Waals surface area contributed by atoms with Crippen LogP contribution in [0.5, 0.6) is 6.01 Å². The minimum atomic E-state index is -4.55. The molecule has 0 bridgehead atoms. The number of ether oxygens (including phenoxy) is 1. The zero-order chi connectivity index (χ0) is 26.2. The lowest BCUT2D eigenvalue weighted by Crippen LogP contribution is -2.39. The van der Waals surface area contributed by atoms with Gasteiger partial charge in [0, 0.05) is 30.9 Å². The van der Waals surface area contributed by atoms with Gasteiger partial charge in [-0.25, -0.2) is 0 Å². The van der Waals surface area contributed by atoms with Crippen molar-refractivity contribution in [2.24, 2.45) is 0 Å². The van der Waals surface area contributed by atoms with Gasteiger partial charge < -0.3 is 19.1 Å². The van der Waals surface area contributed by atoms with E-state index in [2.05, 4.69) is 28.2 Å². The predicted octanol–water partition coefficient (Wildman–Crippen LogP) is 4.44. The van der Waals surface area contributed by atoms with Crippen LogP contribution in [0, 0.1) is 0 Å². The van der Waals surface area contributed by atoms with Gasteiger partial charge in [-0.3, -0.25) is 4.79 Å². The van der Waals surface area contributed by atoms with Crippen molar-refractivity contribution in [2.45, 2.75) is 77.7 Å². The molecule has 5 heterocycles. The third-order valence-corrected chi connectivity index (χ3v) is 7.86. The molecule has 1 fully saturated rings. The van der Waals surface area contributed by atoms with Gasteiger partial charge in [0.15, 0.2) is 5.82 Å². The Bertz CT molecular complexity index is 1280. The Balaban J connectivity index is 1.41. The van der Waals surface area contributed by atoms with E-state index in [0.717, 1.165) is 58.3 Å². The number of carbonyl (C=O) groups is 1. The molecule has 0 saturated carbocycles. The second-order valence-corrected chi connectivity index (χ2v) is 10.6. The number of aromatic nitrogens is 5. The van der Waals surface area contributed by atoms with E-state index in [-0.39, 0.29) is 36.9 Å². The Kier molecular flexibility index (Phi) is 7.24. The number of aryl methyl sites for hydroxylation is 1. The summed E-state index contributed by atoms with van der Waals surface area (Å²) in [6.45, 7) is 5.70. The Morgan fingerprint density at radius 1 is 1.16 bits per heavy atom. The second-order valence-electron chi connectivity index (χ2n) is 9.47. The first kappa shape index (κ1) is 25.7. The van der Waals surface area contributed by atoms with E-state index < -0.39 is 12.0 Å². The summed E-state index contributed by atoms with van der Waals surface area (Å²) in [7, 11) is 0. The molecule has 200 valence electrons. The number of rotatable bonds is 8. The average Bonchev–Trinajstić information content (AvgIpc) is 3.59. The Morgan fingerprint density at radius 2 is 2.00 bits per heavy atom. The normalized spacial score (nSPS) is 18.0. The first-order chi connectivity index (χ1) is 17.8. The number of alkyl halides is 3. The van der Waals surface area contributed by atoms with Crippen LogP contribution < -0.4 is 9.64 Å². The molecule has 13 heteroatoms. The summed E-state index contributed by atoms with van der Waals surface area (Å²) >= 11 is 1.57. The molecule has 0 N–H and O–H groups in total. The Labute approximate surface area is 216 Å². The van der Waals surface area contributed by atoms with Crippen molar-refractivity contribution in [2.75, 3.05) is 24.6 Å². The van der Waals surface area contributed by atoms with E-state index in [1.165, 1.54) is 0 Å². The van der Waals surface area contributed by atoms with Crippen LogP contribution in [0.1, 0.15) is 62.5 Å². The maximum Gasteiger partial charge on any atom is 0.451 e. The number of hydrogen-bond acceptors (Lipinski definition) is 8. The van der Waals surface area contributed by atoms with Gasteiger partial charge in [-0.1, -0.05) is 20.3 Å². The summed E-state index contributed by atoms with van der Waals surface area (Å²) in [5.74, 6) is 0.0295. The Hall–Kier alpha value is -2.96. The number of halogens is 3. The monoisotopic (exact) mass is 537 g/mol. The lowest BCUT2D eigenvalue weighted by Gasteiger charge is -2.29. The van der Waals surface area contributed by atoms with E-state index in [1.807, 2.05) is 16.7 Å². The quantitative estimate of drug-likeness (QED) is 0.420. The molecular weight excluding hydrogens is 507 g/mol. The lowest BCUT2D eigenvalue weighted by molar-refractivity contribution is -0.147. The van der Waals surface area contributed by atoms with E-state index >= 15 is 0 Å². The molecular formula is C24H30F3N7O2S. The highest BCUT2D eigenvalue weighted by Gasteiger charge is 2.40. The summed E-state index contributed by atoms with van der Waals surface area (Å²) in [4.78, 5) is 27.6. The molecule has 1 atom stereocenters. The van der Waals surface area contributed by atoms with Crippen LogP contribution in [0.3, 0.4) is 0 Å². The highest BCUT2D eigenvalue weighted by molar-refractivity contribution is 7.18. The van der Waals surface area contributed by atoms with Crippen LogP contribution in [0.25, 0.3) is 10.2 Å². The third-order valence-electron chi connectivity index (χ3n) is 6.77. The highest BCUT2D eigenvalue weighted by Crippen LogP contribution is 2.36. The van der Waals surface area contributed by atoms with Crippen molar-refractivity contribution < 1.29 is 22.7 Å². The van der Waals surface area contributed by atoms with E-state index in [9.17, 15) is 18.0 Å². The van der Waals surface area contributed by atoms with Gasteiger partial charge in [0.1, 0.15) is 17.3 Å². The van der Waals surface area contributed by atoms with E-state index in [4.69, 9.17) is 9.72 Å². The molecule has 2 aliphatic heterocycles. The zero-order valence-corrected chi connectivity index (χ0v) is 21.7. The summed E-state index contributed by atoms with van der Waals surface area (Å²) in [5.41, 5.74) is 0. The summed E-state index contributed by atoms with van der Waals surface area (Å²) in [6, 6.07) is 2.26. The molecule has 9 nitrogen and oxygen atoms in total. The molecule has 2 aliphatic rings. The first-order valence-corrected chi connectivity index (χ1v) is 13.6. The summed E-state index contributed by atoms with van der Waals surface area (Å²) in [6.07, 6.45) is 0.464. The molecule has 3 aromatic heterocycles. The molecule has 1 amide bonds. The zero-order valence-electron chi connectivity index (χ0n) is 20.9. The number of thiophene rings is 1. The predicted molar refractivity (Wildman–Crippen MR) is 133 cm³/mol. The maximum absolute atomic E-state index is 13.3. The van der Waals surface area contributed by atoms with Gasteiger partial charge in [-0.15, -0.1) is 21.5 Å². The fourth-order valence-corrected chi connectivity index (χ4v) is 6.14. The fraction of sp³-hybridized carbons (Fsp3) is 0.625. The molecule has 0 spiro atoms. The van der Waals surface area contributed by atoms with Crippen LogP contribution in [-0.4, -0.2) is 61.3 Å². The number of carbonyl (C=O) groups excluding carboxylic acids is 1. The standard InChI is InChI=1S/C24H30F3N7O2S/c1-3-6-16-12-17-20(32-10-11-34-18(13-32)30-31-22(34)24(25,26)27)28-23(29-21(17)37-16)36-14-15-8-5-9-33(15)19(35)7-4-2/h12,15H,3-11,13-14H2,1-2H3. The van der Waals surface area contributed by atoms with Crippen molar-refractivity contribution in [3.8, 4) is 6.01 Å². The molecule has 0 aliphatic carbocycles. The third kappa shape index (κ3) is 5.23. The average molecular weight is 538 g/mol. The minimum Gasteiger partial charge on any atom is -0.461 e. The Morgan fingerprint density at radius 3 is 2.76 bits per heavy atom. The van der Waals surface area contributed by atoms with Crippen molar-refractivity contribution in [1.82, 2.24) is 29.6 Å². The minimum absolute atomic E-state index is 0.0184. The van der Waals surface area contributed by atoms with Crippen molar-refractivity contribution in [3.05, 3.63) is 22.6 Å².